The number of carbonyl (C=O) groups is 1. The largest absolute Gasteiger partial charge is 0.484 e. The molecule has 0 unspecified atom stereocenters. The minimum Gasteiger partial charge on any atom is -0.484 e. The molecule has 0 N–H and O–H groups in total. The van der Waals surface area contributed by atoms with Gasteiger partial charge in [-0.05, 0) is 44.5 Å². The van der Waals surface area contributed by atoms with Crippen molar-refractivity contribution >= 4 is 17.5 Å². The van der Waals surface area contributed by atoms with E-state index in [-0.39, 0.29) is 18.6 Å². The maximum Gasteiger partial charge on any atom is 0.260 e. The van der Waals surface area contributed by atoms with Crippen LogP contribution in [0.2, 0.25) is 5.02 Å². The Morgan fingerprint density at radius 1 is 1.17 bits per heavy atom. The molecule has 0 aliphatic heterocycles. The van der Waals surface area contributed by atoms with Gasteiger partial charge in [0.25, 0.3) is 5.91 Å². The average Bonchev–Trinajstić information content (AvgIpc) is 3.22. The molecule has 158 valence electrons. The predicted octanol–water partition coefficient (Wildman–Crippen LogP) is 4.95. The molecule has 3 aromatic rings. The number of carbonyl (C=O) groups excluding carboxylic acids is 1. The standard InChI is InChI=1S/C23H26ClN3O3/c1-4-17(3)27(22(28)15-29-20-11-9-19(24)10-12-20)14-13-21-25-23(26-30-21)18-7-5-16(2)6-8-18/h5-12,17H,4,13-15H2,1-3H3/t17-/m0/s1. The summed E-state index contributed by atoms with van der Waals surface area (Å²) in [5, 5.41) is 4.69. The Morgan fingerprint density at radius 3 is 2.53 bits per heavy atom. The van der Waals surface area contributed by atoms with Crippen molar-refractivity contribution in [2.24, 2.45) is 0 Å². The monoisotopic (exact) mass is 427 g/mol. The molecule has 3 rings (SSSR count). The average molecular weight is 428 g/mol. The molecule has 1 atom stereocenters. The number of benzene rings is 2. The minimum atomic E-state index is -0.0856. The third kappa shape index (κ3) is 5.83. The van der Waals surface area contributed by atoms with Crippen LogP contribution in [0.1, 0.15) is 31.7 Å². The van der Waals surface area contributed by atoms with Gasteiger partial charge in [-0.25, -0.2) is 0 Å². The van der Waals surface area contributed by atoms with Crippen LogP contribution in [0.15, 0.2) is 53.1 Å². The smallest absolute Gasteiger partial charge is 0.260 e. The molecular formula is C23H26ClN3O3. The highest BCUT2D eigenvalue weighted by molar-refractivity contribution is 6.30. The number of aromatic nitrogens is 2. The van der Waals surface area contributed by atoms with Crippen LogP contribution in [-0.2, 0) is 11.2 Å². The van der Waals surface area contributed by atoms with Crippen LogP contribution in [0.3, 0.4) is 0 Å². The number of halogens is 1. The van der Waals surface area contributed by atoms with Gasteiger partial charge in [-0.1, -0.05) is 53.5 Å². The van der Waals surface area contributed by atoms with Gasteiger partial charge >= 0.3 is 0 Å². The molecule has 1 aromatic heterocycles. The Hall–Kier alpha value is -2.86. The lowest BCUT2D eigenvalue weighted by atomic mass is 10.1. The Bertz CT molecular complexity index is 955. The topological polar surface area (TPSA) is 68.5 Å². The first-order valence-corrected chi connectivity index (χ1v) is 10.4. The van der Waals surface area contributed by atoms with Crippen LogP contribution in [-0.4, -0.2) is 40.1 Å². The summed E-state index contributed by atoms with van der Waals surface area (Å²) in [7, 11) is 0. The second-order valence-electron chi connectivity index (χ2n) is 7.21. The summed E-state index contributed by atoms with van der Waals surface area (Å²) in [5.41, 5.74) is 2.08. The third-order valence-electron chi connectivity index (χ3n) is 4.96. The summed E-state index contributed by atoms with van der Waals surface area (Å²) in [5.74, 6) is 1.58. The summed E-state index contributed by atoms with van der Waals surface area (Å²) < 4.78 is 11.0. The molecule has 6 nitrogen and oxygen atoms in total. The van der Waals surface area contributed by atoms with Crippen molar-refractivity contribution < 1.29 is 14.1 Å². The van der Waals surface area contributed by atoms with Gasteiger partial charge in [0.15, 0.2) is 6.61 Å². The zero-order valence-electron chi connectivity index (χ0n) is 17.5. The van der Waals surface area contributed by atoms with E-state index in [1.807, 2.05) is 45.0 Å². The fourth-order valence-corrected chi connectivity index (χ4v) is 3.09. The molecular weight excluding hydrogens is 402 g/mol. The third-order valence-corrected chi connectivity index (χ3v) is 5.22. The van der Waals surface area contributed by atoms with Gasteiger partial charge in [0, 0.05) is 29.6 Å². The molecule has 0 bridgehead atoms. The molecule has 0 aliphatic carbocycles. The van der Waals surface area contributed by atoms with Crippen molar-refractivity contribution in [1.82, 2.24) is 15.0 Å². The summed E-state index contributed by atoms with van der Waals surface area (Å²) in [6.45, 7) is 6.54. The van der Waals surface area contributed by atoms with Crippen LogP contribution in [0.5, 0.6) is 5.75 Å². The van der Waals surface area contributed by atoms with E-state index in [1.165, 1.54) is 5.56 Å². The molecule has 0 fully saturated rings. The number of rotatable bonds is 9. The summed E-state index contributed by atoms with van der Waals surface area (Å²) in [6.07, 6.45) is 1.32. The Labute approximate surface area is 181 Å². The summed E-state index contributed by atoms with van der Waals surface area (Å²) in [6, 6.07) is 15.0. The zero-order valence-corrected chi connectivity index (χ0v) is 18.2. The Morgan fingerprint density at radius 2 is 1.87 bits per heavy atom. The second-order valence-corrected chi connectivity index (χ2v) is 7.65. The van der Waals surface area contributed by atoms with Gasteiger partial charge in [0.1, 0.15) is 5.75 Å². The van der Waals surface area contributed by atoms with Crippen LogP contribution in [0, 0.1) is 6.92 Å². The quantitative estimate of drug-likeness (QED) is 0.483. The molecule has 2 aromatic carbocycles. The number of amides is 1. The minimum absolute atomic E-state index is 0.0373. The molecule has 0 spiro atoms. The first kappa shape index (κ1) is 21.8. The fraction of sp³-hybridized carbons (Fsp3) is 0.348. The van der Waals surface area contributed by atoms with Gasteiger partial charge in [0.05, 0.1) is 0 Å². The SMILES string of the molecule is CC[C@H](C)N(CCc1nc(-c2ccc(C)cc2)no1)C(=O)COc1ccc(Cl)cc1. The normalized spacial score (nSPS) is 11.9. The highest BCUT2D eigenvalue weighted by Crippen LogP contribution is 2.18. The lowest BCUT2D eigenvalue weighted by molar-refractivity contribution is -0.135. The van der Waals surface area contributed by atoms with Gasteiger partial charge in [-0.3, -0.25) is 4.79 Å². The number of ether oxygens (including phenoxy) is 1. The number of hydrogen-bond donors (Lipinski definition) is 0. The molecule has 0 radical (unpaired) electrons. The van der Waals surface area contributed by atoms with Crippen LogP contribution < -0.4 is 4.74 Å². The van der Waals surface area contributed by atoms with Gasteiger partial charge in [-0.15, -0.1) is 0 Å². The Kier molecular flexibility index (Phi) is 7.46. The fourth-order valence-electron chi connectivity index (χ4n) is 2.96. The van der Waals surface area contributed by atoms with Gasteiger partial charge in [-0.2, -0.15) is 4.98 Å². The van der Waals surface area contributed by atoms with E-state index in [0.29, 0.717) is 35.5 Å². The molecule has 30 heavy (non-hydrogen) atoms. The first-order valence-electron chi connectivity index (χ1n) is 10.0. The molecule has 1 amide bonds. The van der Waals surface area contributed by atoms with E-state index in [4.69, 9.17) is 20.9 Å². The highest BCUT2D eigenvalue weighted by Gasteiger charge is 2.21. The van der Waals surface area contributed by atoms with Crippen LogP contribution in [0.25, 0.3) is 11.4 Å². The Balaban J connectivity index is 1.60. The van der Waals surface area contributed by atoms with Crippen LogP contribution >= 0.6 is 11.6 Å². The van der Waals surface area contributed by atoms with Crippen molar-refractivity contribution in [3.8, 4) is 17.1 Å². The predicted molar refractivity (Wildman–Crippen MR) is 117 cm³/mol. The second kappa shape index (κ2) is 10.3. The molecule has 0 saturated heterocycles. The summed E-state index contributed by atoms with van der Waals surface area (Å²) in [4.78, 5) is 19.0. The zero-order chi connectivity index (χ0) is 21.5. The van der Waals surface area contributed by atoms with Crippen LogP contribution in [0.4, 0.5) is 0 Å². The summed E-state index contributed by atoms with van der Waals surface area (Å²) >= 11 is 5.88. The molecule has 0 aliphatic rings. The maximum absolute atomic E-state index is 12.8. The molecule has 0 saturated carbocycles. The lowest BCUT2D eigenvalue weighted by Crippen LogP contribution is -2.42. The first-order chi connectivity index (χ1) is 14.5. The lowest BCUT2D eigenvalue weighted by Gasteiger charge is -2.28. The van der Waals surface area contributed by atoms with Gasteiger partial charge in [0.2, 0.25) is 11.7 Å². The maximum atomic E-state index is 12.8. The molecule has 1 heterocycles. The van der Waals surface area contributed by atoms with Gasteiger partial charge < -0.3 is 14.2 Å². The van der Waals surface area contributed by atoms with Crippen molar-refractivity contribution in [1.29, 1.82) is 0 Å². The van der Waals surface area contributed by atoms with E-state index >= 15 is 0 Å². The van der Waals surface area contributed by atoms with E-state index in [1.54, 1.807) is 29.2 Å². The van der Waals surface area contributed by atoms with Crippen molar-refractivity contribution in [3.63, 3.8) is 0 Å². The van der Waals surface area contributed by atoms with Crippen molar-refractivity contribution in [3.05, 3.63) is 65.0 Å². The van der Waals surface area contributed by atoms with E-state index in [9.17, 15) is 4.79 Å². The van der Waals surface area contributed by atoms with Crippen molar-refractivity contribution in [2.75, 3.05) is 13.2 Å². The number of nitrogens with zero attached hydrogens (tertiary/aromatic N) is 3. The highest BCUT2D eigenvalue weighted by atomic mass is 35.5. The number of aryl methyl sites for hydroxylation is 1. The van der Waals surface area contributed by atoms with E-state index in [2.05, 4.69) is 10.1 Å². The number of hydrogen-bond acceptors (Lipinski definition) is 5. The van der Waals surface area contributed by atoms with Crippen molar-refractivity contribution in [2.45, 2.75) is 39.7 Å². The van der Waals surface area contributed by atoms with E-state index in [0.717, 1.165) is 12.0 Å². The van der Waals surface area contributed by atoms with E-state index < -0.39 is 0 Å². The molecule has 7 heteroatoms.